The van der Waals surface area contributed by atoms with E-state index in [1.165, 1.54) is 6.42 Å². The van der Waals surface area contributed by atoms with Crippen molar-refractivity contribution in [1.29, 1.82) is 0 Å². The van der Waals surface area contributed by atoms with Crippen LogP contribution in [0.1, 0.15) is 72.3 Å². The summed E-state index contributed by atoms with van der Waals surface area (Å²) < 4.78 is 13.3. The van der Waals surface area contributed by atoms with Gasteiger partial charge in [0.05, 0.1) is 23.7 Å². The average molecular weight is 607 g/mol. The van der Waals surface area contributed by atoms with E-state index in [1.54, 1.807) is 0 Å². The monoisotopic (exact) mass is 606 g/mol. The summed E-state index contributed by atoms with van der Waals surface area (Å²) in [6.07, 6.45) is 3.89. The van der Waals surface area contributed by atoms with Gasteiger partial charge in [0.1, 0.15) is 0 Å². The van der Waals surface area contributed by atoms with Crippen LogP contribution >= 0.6 is 0 Å². The van der Waals surface area contributed by atoms with Crippen LogP contribution in [0.15, 0.2) is 47.5 Å². The van der Waals surface area contributed by atoms with Crippen LogP contribution in [0.5, 0.6) is 0 Å². The number of carbonyl (C=O) groups is 1. The zero-order chi connectivity index (χ0) is 31.6. The van der Waals surface area contributed by atoms with Gasteiger partial charge < -0.3 is 25.7 Å². The summed E-state index contributed by atoms with van der Waals surface area (Å²) in [6.45, 7) is 11.9. The molecule has 2 bridgehead atoms. The molecule has 0 spiro atoms. The zero-order valence-corrected chi connectivity index (χ0v) is 26.5. The molecule has 5 N–H and O–H groups in total. The summed E-state index contributed by atoms with van der Waals surface area (Å²) in [7, 11) is -0.509. The second-order valence-corrected chi connectivity index (χ2v) is 14.0. The molecule has 0 radical (unpaired) electrons. The SMILES string of the molecule is CC(C)C[C@H](NC(=O)[C@H](CCCN=C(N)N[N+](=O)[O-])NCc1ccc2ccccc2c1)B1O[C@@H]2C[C@@H]3C[C@@H](C3(C)C)[C@]2(C)O1. The molecule has 44 heavy (non-hydrogen) atoms. The number of nitrogens with two attached hydrogens (primary N) is 1. The van der Waals surface area contributed by atoms with Gasteiger partial charge in [-0.2, -0.15) is 0 Å². The maximum Gasteiger partial charge on any atom is 0.481 e. The van der Waals surface area contributed by atoms with Crippen LogP contribution in [-0.2, 0) is 20.6 Å². The summed E-state index contributed by atoms with van der Waals surface area (Å²) in [6, 6.07) is 13.9. The van der Waals surface area contributed by atoms with Crippen LogP contribution in [-0.4, -0.2) is 54.3 Å². The van der Waals surface area contributed by atoms with E-state index in [1.807, 2.05) is 17.6 Å². The van der Waals surface area contributed by atoms with Gasteiger partial charge in [-0.1, -0.05) is 69.5 Å². The molecule has 11 nitrogen and oxygen atoms in total. The first kappa shape index (κ1) is 32.2. The number of rotatable bonds is 13. The fourth-order valence-corrected chi connectivity index (χ4v) is 7.64. The molecule has 3 saturated carbocycles. The van der Waals surface area contributed by atoms with Crippen LogP contribution in [0.4, 0.5) is 0 Å². The van der Waals surface area contributed by atoms with Crippen LogP contribution < -0.4 is 21.8 Å². The molecular weight excluding hydrogens is 559 g/mol. The minimum atomic E-state index is -0.747. The highest BCUT2D eigenvalue weighted by Gasteiger charge is 2.68. The number of guanidine groups is 1. The maximum absolute atomic E-state index is 13.9. The number of hydrogen-bond acceptors (Lipinski definition) is 7. The molecule has 1 aliphatic heterocycles. The van der Waals surface area contributed by atoms with Gasteiger partial charge in [-0.3, -0.25) is 4.79 Å². The first-order chi connectivity index (χ1) is 20.9. The van der Waals surface area contributed by atoms with Gasteiger partial charge >= 0.3 is 7.12 Å². The van der Waals surface area contributed by atoms with Crippen molar-refractivity contribution in [1.82, 2.24) is 16.1 Å². The van der Waals surface area contributed by atoms with Crippen LogP contribution in [0.25, 0.3) is 10.8 Å². The molecule has 0 aromatic heterocycles. The van der Waals surface area contributed by atoms with Gasteiger partial charge in [-0.25, -0.2) is 15.1 Å². The van der Waals surface area contributed by atoms with Crippen molar-refractivity contribution in [3.8, 4) is 0 Å². The summed E-state index contributed by atoms with van der Waals surface area (Å²) in [5.41, 5.74) is 8.38. The molecule has 1 heterocycles. The van der Waals surface area contributed by atoms with Crippen molar-refractivity contribution in [2.75, 3.05) is 6.54 Å². The molecular formula is C32H47BN6O5. The fraction of sp³-hybridized carbons (Fsp3) is 0.625. The molecule has 2 aromatic rings. The topological polar surface area (TPSA) is 153 Å². The average Bonchev–Trinajstić information content (AvgIpc) is 3.33. The van der Waals surface area contributed by atoms with Gasteiger partial charge in [0, 0.05) is 13.1 Å². The summed E-state index contributed by atoms with van der Waals surface area (Å²) in [5.74, 6) is 0.717. The van der Waals surface area contributed by atoms with E-state index >= 15 is 0 Å². The summed E-state index contributed by atoms with van der Waals surface area (Å²) >= 11 is 0. The lowest BCUT2D eigenvalue weighted by Crippen LogP contribution is -2.65. The van der Waals surface area contributed by atoms with Gasteiger partial charge in [-0.15, -0.1) is 0 Å². The van der Waals surface area contributed by atoms with E-state index in [0.29, 0.717) is 37.1 Å². The number of nitro groups is 1. The Morgan fingerprint density at radius 3 is 2.64 bits per heavy atom. The molecule has 3 aliphatic carbocycles. The van der Waals surface area contributed by atoms with Crippen LogP contribution in [0.3, 0.4) is 0 Å². The van der Waals surface area contributed by atoms with Gasteiger partial charge in [-0.05, 0) is 84.6 Å². The van der Waals surface area contributed by atoms with Crippen molar-refractivity contribution in [2.45, 2.75) is 97.0 Å². The van der Waals surface area contributed by atoms with Gasteiger partial charge in [0.25, 0.3) is 5.96 Å². The Morgan fingerprint density at radius 1 is 1.18 bits per heavy atom. The molecule has 1 amide bonds. The minimum Gasteiger partial charge on any atom is -0.404 e. The molecule has 0 unspecified atom stereocenters. The Morgan fingerprint density at radius 2 is 1.93 bits per heavy atom. The number of benzene rings is 2. The van der Waals surface area contributed by atoms with E-state index in [4.69, 9.17) is 15.0 Å². The van der Waals surface area contributed by atoms with Gasteiger partial charge in [0.2, 0.25) is 5.91 Å². The van der Waals surface area contributed by atoms with E-state index in [-0.39, 0.29) is 41.5 Å². The molecule has 6 atom stereocenters. The van der Waals surface area contributed by atoms with E-state index in [2.05, 4.69) is 80.6 Å². The first-order valence-electron chi connectivity index (χ1n) is 15.9. The van der Waals surface area contributed by atoms with Crippen molar-refractivity contribution >= 4 is 29.8 Å². The molecule has 4 fully saturated rings. The lowest BCUT2D eigenvalue weighted by Gasteiger charge is -2.64. The Hall–Kier alpha value is -3.22. The number of hydrogen-bond donors (Lipinski definition) is 4. The third kappa shape index (κ3) is 6.87. The predicted molar refractivity (Wildman–Crippen MR) is 172 cm³/mol. The molecule has 4 aliphatic rings. The number of hydrazine groups is 1. The standard InChI is InChI=1S/C32H47BN6O5/c1-20(2)15-28(33-43-27-18-24-17-26(31(24,3)4)32(27,5)44-33)37-29(40)25(11-8-14-35-30(34)38-39(41)42)36-19-21-12-13-22-9-6-7-10-23(22)16-21/h6-7,9-10,12-13,16,20,24-28,36H,8,11,14-15,17-19H2,1-5H3,(H,37,40)(H3,34,35,38)/t24-,25-,26-,27+,28-,32-/m0/s1. The van der Waals surface area contributed by atoms with Crippen molar-refractivity contribution < 1.29 is 19.1 Å². The molecule has 12 heteroatoms. The first-order valence-corrected chi connectivity index (χ1v) is 15.9. The third-order valence-electron chi connectivity index (χ3n) is 10.2. The highest BCUT2D eigenvalue weighted by molar-refractivity contribution is 6.47. The van der Waals surface area contributed by atoms with Crippen molar-refractivity contribution in [3.63, 3.8) is 0 Å². The fourth-order valence-electron chi connectivity index (χ4n) is 7.64. The number of amides is 1. The molecule has 238 valence electrons. The molecule has 1 saturated heterocycles. The largest absolute Gasteiger partial charge is 0.481 e. The Bertz CT molecular complexity index is 1390. The normalized spacial score (nSPS) is 27.0. The summed E-state index contributed by atoms with van der Waals surface area (Å²) in [4.78, 5) is 28.6. The predicted octanol–water partition coefficient (Wildman–Crippen LogP) is 3.97. The lowest BCUT2D eigenvalue weighted by atomic mass is 9.43. The van der Waals surface area contributed by atoms with E-state index in [0.717, 1.165) is 29.2 Å². The second-order valence-electron chi connectivity index (χ2n) is 14.0. The maximum atomic E-state index is 13.9. The Balaban J connectivity index is 1.28. The van der Waals surface area contributed by atoms with E-state index < -0.39 is 18.2 Å². The molecule has 2 aromatic carbocycles. The number of nitrogens with zero attached hydrogens (tertiary/aromatic N) is 2. The zero-order valence-electron chi connectivity index (χ0n) is 26.5. The quantitative estimate of drug-likeness (QED) is 0.0668. The molecule has 6 rings (SSSR count). The van der Waals surface area contributed by atoms with Crippen molar-refractivity contribution in [3.05, 3.63) is 58.1 Å². The minimum absolute atomic E-state index is 0.0359. The Labute approximate surface area is 260 Å². The number of nitrogens with one attached hydrogen (secondary N) is 3. The lowest BCUT2D eigenvalue weighted by molar-refractivity contribution is -0.525. The van der Waals surface area contributed by atoms with Crippen LogP contribution in [0, 0.1) is 33.3 Å². The number of fused-ring (bicyclic) bond motifs is 1. The Kier molecular flexibility index (Phi) is 9.53. The van der Waals surface area contributed by atoms with Crippen LogP contribution in [0.2, 0.25) is 0 Å². The smallest absolute Gasteiger partial charge is 0.404 e. The summed E-state index contributed by atoms with van der Waals surface area (Å²) in [5, 5.41) is 18.9. The second kappa shape index (κ2) is 13.0. The van der Waals surface area contributed by atoms with Crippen molar-refractivity contribution in [2.24, 2.45) is 33.9 Å². The highest BCUT2D eigenvalue weighted by atomic mass is 16.7. The van der Waals surface area contributed by atoms with Gasteiger partial charge in [0.15, 0.2) is 5.03 Å². The highest BCUT2D eigenvalue weighted by Crippen LogP contribution is 2.65. The number of carbonyl (C=O) groups excluding carboxylic acids is 1. The van der Waals surface area contributed by atoms with E-state index in [9.17, 15) is 14.9 Å². The third-order valence-corrected chi connectivity index (χ3v) is 10.2. The number of aliphatic imine (C=N–C) groups is 1.